The van der Waals surface area contributed by atoms with Gasteiger partial charge in [-0.25, -0.2) is 15.8 Å². The molecule has 1 aliphatic rings. The zero-order valence-electron chi connectivity index (χ0n) is 11.7. The van der Waals surface area contributed by atoms with Gasteiger partial charge in [0, 0.05) is 17.2 Å². The highest BCUT2D eigenvalue weighted by Gasteiger charge is 2.24. The molecular weight excluding hydrogens is 224 g/mol. The van der Waals surface area contributed by atoms with Crippen molar-refractivity contribution in [2.75, 3.05) is 5.43 Å². The summed E-state index contributed by atoms with van der Waals surface area (Å²) >= 11 is 0. The fraction of sp³-hybridized carbons (Fsp3) is 0.714. The van der Waals surface area contributed by atoms with Gasteiger partial charge in [-0.3, -0.25) is 0 Å². The van der Waals surface area contributed by atoms with Crippen LogP contribution in [0.5, 0.6) is 0 Å². The Labute approximate surface area is 109 Å². The molecule has 18 heavy (non-hydrogen) atoms. The Morgan fingerprint density at radius 1 is 1.17 bits per heavy atom. The molecule has 2 rings (SSSR count). The first-order chi connectivity index (χ1) is 8.65. The molecule has 1 saturated carbocycles. The van der Waals surface area contributed by atoms with E-state index in [0.717, 1.165) is 28.8 Å². The van der Waals surface area contributed by atoms with Crippen LogP contribution in [0.15, 0.2) is 0 Å². The number of hydrazine groups is 1. The van der Waals surface area contributed by atoms with Crippen molar-refractivity contribution in [2.45, 2.75) is 58.8 Å². The van der Waals surface area contributed by atoms with Crippen molar-refractivity contribution in [3.05, 3.63) is 17.1 Å². The molecule has 0 spiro atoms. The highest BCUT2D eigenvalue weighted by atomic mass is 15.3. The average molecular weight is 248 g/mol. The average Bonchev–Trinajstić information content (AvgIpc) is 2.42. The van der Waals surface area contributed by atoms with Gasteiger partial charge in [-0.2, -0.15) is 0 Å². The van der Waals surface area contributed by atoms with Crippen molar-refractivity contribution in [2.24, 2.45) is 11.8 Å². The van der Waals surface area contributed by atoms with Crippen LogP contribution in [0.25, 0.3) is 0 Å². The monoisotopic (exact) mass is 248 g/mol. The van der Waals surface area contributed by atoms with Crippen molar-refractivity contribution in [3.8, 4) is 0 Å². The molecule has 1 heterocycles. The van der Waals surface area contributed by atoms with Gasteiger partial charge in [0.2, 0.25) is 0 Å². The number of anilines is 1. The topological polar surface area (TPSA) is 63.8 Å². The molecule has 4 nitrogen and oxygen atoms in total. The van der Waals surface area contributed by atoms with E-state index in [1.807, 2.05) is 13.8 Å². The van der Waals surface area contributed by atoms with E-state index in [4.69, 9.17) is 5.84 Å². The van der Waals surface area contributed by atoms with E-state index in [9.17, 15) is 0 Å². The normalized spacial score (nSPS) is 24.0. The lowest BCUT2D eigenvalue weighted by atomic mass is 9.80. The van der Waals surface area contributed by atoms with E-state index in [2.05, 4.69) is 22.3 Å². The summed E-state index contributed by atoms with van der Waals surface area (Å²) < 4.78 is 0. The minimum atomic E-state index is 0.513. The summed E-state index contributed by atoms with van der Waals surface area (Å²) in [5.74, 6) is 8.68. The summed E-state index contributed by atoms with van der Waals surface area (Å²) in [6.07, 6.45) is 6.35. The lowest BCUT2D eigenvalue weighted by molar-refractivity contribution is 0.312. The van der Waals surface area contributed by atoms with Crippen LogP contribution in [0.1, 0.15) is 62.0 Å². The van der Waals surface area contributed by atoms with Crippen LogP contribution >= 0.6 is 0 Å². The van der Waals surface area contributed by atoms with Gasteiger partial charge in [0.15, 0.2) is 0 Å². The van der Waals surface area contributed by atoms with E-state index < -0.39 is 0 Å². The molecule has 0 amide bonds. The van der Waals surface area contributed by atoms with Gasteiger partial charge >= 0.3 is 0 Å². The van der Waals surface area contributed by atoms with Gasteiger partial charge in [-0.15, -0.1) is 0 Å². The van der Waals surface area contributed by atoms with Gasteiger partial charge in [-0.1, -0.05) is 13.3 Å². The third kappa shape index (κ3) is 2.64. The molecule has 0 atom stereocenters. The van der Waals surface area contributed by atoms with Gasteiger partial charge < -0.3 is 5.43 Å². The lowest BCUT2D eigenvalue weighted by Gasteiger charge is -2.27. The lowest BCUT2D eigenvalue weighted by Crippen LogP contribution is -2.18. The number of hydrogen-bond acceptors (Lipinski definition) is 4. The van der Waals surface area contributed by atoms with Crippen LogP contribution < -0.4 is 11.3 Å². The Kier molecular flexibility index (Phi) is 4.17. The van der Waals surface area contributed by atoms with Crippen LogP contribution in [0, 0.1) is 19.8 Å². The van der Waals surface area contributed by atoms with Gasteiger partial charge in [-0.05, 0) is 45.4 Å². The maximum Gasteiger partial charge on any atom is 0.146 e. The maximum absolute atomic E-state index is 5.52. The smallest absolute Gasteiger partial charge is 0.146 e. The standard InChI is InChI=1S/C14H24N4/c1-4-11-5-7-12(8-6-11)14-16-10(3)9(2)13(17-14)18-15/h11-12H,4-8,15H2,1-3H3,(H,16,17,18). The van der Waals surface area contributed by atoms with Gasteiger partial charge in [0.05, 0.1) is 0 Å². The molecule has 1 fully saturated rings. The second-order valence-electron chi connectivity index (χ2n) is 5.41. The van der Waals surface area contributed by atoms with E-state index in [1.165, 1.54) is 32.1 Å². The van der Waals surface area contributed by atoms with E-state index in [0.29, 0.717) is 5.92 Å². The molecule has 0 aromatic carbocycles. The van der Waals surface area contributed by atoms with E-state index >= 15 is 0 Å². The molecule has 0 saturated heterocycles. The zero-order chi connectivity index (χ0) is 13.1. The second kappa shape index (κ2) is 5.65. The first kappa shape index (κ1) is 13.3. The molecule has 0 aliphatic heterocycles. The van der Waals surface area contributed by atoms with Gasteiger partial charge in [0.1, 0.15) is 11.6 Å². The van der Waals surface area contributed by atoms with Gasteiger partial charge in [0.25, 0.3) is 0 Å². The molecule has 100 valence electrons. The Balaban J connectivity index is 2.17. The Morgan fingerprint density at radius 3 is 2.39 bits per heavy atom. The number of nitrogens with two attached hydrogens (primary N) is 1. The molecular formula is C14H24N4. The molecule has 3 N–H and O–H groups in total. The van der Waals surface area contributed by atoms with Crippen LogP contribution in [-0.4, -0.2) is 9.97 Å². The summed E-state index contributed by atoms with van der Waals surface area (Å²) in [4.78, 5) is 9.23. The maximum atomic E-state index is 5.52. The number of nitrogens with one attached hydrogen (secondary N) is 1. The number of nitrogen functional groups attached to an aromatic ring is 1. The quantitative estimate of drug-likeness (QED) is 0.637. The van der Waals surface area contributed by atoms with Crippen molar-refractivity contribution in [1.82, 2.24) is 9.97 Å². The third-order valence-corrected chi connectivity index (χ3v) is 4.33. The molecule has 1 aliphatic carbocycles. The van der Waals surface area contributed by atoms with Crippen LogP contribution in [-0.2, 0) is 0 Å². The summed E-state index contributed by atoms with van der Waals surface area (Å²) in [6, 6.07) is 0. The van der Waals surface area contributed by atoms with Crippen LogP contribution in [0.4, 0.5) is 5.82 Å². The molecule has 4 heteroatoms. The van der Waals surface area contributed by atoms with Crippen LogP contribution in [0.3, 0.4) is 0 Å². The third-order valence-electron chi connectivity index (χ3n) is 4.33. The number of nitrogens with zero attached hydrogens (tertiary/aromatic N) is 2. The van der Waals surface area contributed by atoms with Crippen molar-refractivity contribution in [1.29, 1.82) is 0 Å². The molecule has 0 unspecified atom stereocenters. The van der Waals surface area contributed by atoms with Crippen molar-refractivity contribution in [3.63, 3.8) is 0 Å². The second-order valence-corrected chi connectivity index (χ2v) is 5.41. The zero-order valence-corrected chi connectivity index (χ0v) is 11.7. The van der Waals surface area contributed by atoms with Crippen molar-refractivity contribution >= 4 is 5.82 Å². The summed E-state index contributed by atoms with van der Waals surface area (Å²) in [5, 5.41) is 0. The predicted molar refractivity (Wildman–Crippen MR) is 74.3 cm³/mol. The summed E-state index contributed by atoms with van der Waals surface area (Å²) in [5.41, 5.74) is 4.76. The SMILES string of the molecule is CCC1CCC(c2nc(C)c(C)c(NN)n2)CC1. The first-order valence-electron chi connectivity index (χ1n) is 6.97. The Morgan fingerprint density at radius 2 is 1.83 bits per heavy atom. The number of hydrogen-bond donors (Lipinski definition) is 2. The first-order valence-corrected chi connectivity index (χ1v) is 6.97. The highest BCUT2D eigenvalue weighted by molar-refractivity contribution is 5.44. The number of aromatic nitrogens is 2. The van der Waals surface area contributed by atoms with E-state index in [-0.39, 0.29) is 0 Å². The Hall–Kier alpha value is -1.16. The predicted octanol–water partition coefficient (Wildman–Crippen LogP) is 3.06. The number of rotatable bonds is 3. The number of aryl methyl sites for hydroxylation is 1. The van der Waals surface area contributed by atoms with Crippen molar-refractivity contribution < 1.29 is 0 Å². The summed E-state index contributed by atoms with van der Waals surface area (Å²) in [7, 11) is 0. The molecule has 1 aromatic heterocycles. The molecule has 1 aromatic rings. The Bertz CT molecular complexity index is 409. The fourth-order valence-corrected chi connectivity index (χ4v) is 2.80. The fourth-order valence-electron chi connectivity index (χ4n) is 2.80. The summed E-state index contributed by atoms with van der Waals surface area (Å²) in [6.45, 7) is 6.31. The highest BCUT2D eigenvalue weighted by Crippen LogP contribution is 2.36. The van der Waals surface area contributed by atoms with E-state index in [1.54, 1.807) is 0 Å². The molecule has 0 bridgehead atoms. The minimum absolute atomic E-state index is 0.513. The largest absolute Gasteiger partial charge is 0.308 e. The molecule has 0 radical (unpaired) electrons. The van der Waals surface area contributed by atoms with Crippen LogP contribution in [0.2, 0.25) is 0 Å². The minimum Gasteiger partial charge on any atom is -0.308 e.